The van der Waals surface area contributed by atoms with Gasteiger partial charge in [-0.15, -0.1) is 0 Å². The van der Waals surface area contributed by atoms with E-state index in [0.29, 0.717) is 11.4 Å². The molecule has 37 heavy (non-hydrogen) atoms. The van der Waals surface area contributed by atoms with Gasteiger partial charge in [0.1, 0.15) is 5.75 Å². The summed E-state index contributed by atoms with van der Waals surface area (Å²) >= 11 is 0. The summed E-state index contributed by atoms with van der Waals surface area (Å²) in [5, 5.41) is 0. The first-order valence-corrected chi connectivity index (χ1v) is 14.3. The highest BCUT2D eigenvalue weighted by Gasteiger charge is 2.26. The Morgan fingerprint density at radius 1 is 0.811 bits per heavy atom. The fraction of sp³-hybridized carbons (Fsp3) is 0.148. The minimum absolute atomic E-state index is 0.00617. The maximum atomic E-state index is 13.7. The van der Waals surface area contributed by atoms with E-state index in [-0.39, 0.29) is 29.4 Å². The third kappa shape index (κ3) is 6.80. The Morgan fingerprint density at radius 2 is 1.49 bits per heavy atom. The lowest BCUT2D eigenvalue weighted by molar-refractivity contribution is 0.392. The van der Waals surface area contributed by atoms with E-state index in [1.807, 2.05) is 36.4 Å². The summed E-state index contributed by atoms with van der Waals surface area (Å²) in [6.07, 6.45) is 1.61. The van der Waals surface area contributed by atoms with Crippen LogP contribution in [-0.2, 0) is 39.7 Å². The fourth-order valence-electron chi connectivity index (χ4n) is 3.63. The van der Waals surface area contributed by atoms with Crippen molar-refractivity contribution < 1.29 is 21.9 Å². The van der Waals surface area contributed by atoms with Crippen LogP contribution in [0.2, 0.25) is 0 Å². The Labute approximate surface area is 217 Å². The Hall–Kier alpha value is -3.57. The number of hydrogen-bond donors (Lipinski definition) is 1. The molecule has 0 saturated heterocycles. The molecule has 1 N–H and O–H groups in total. The second-order valence-electron chi connectivity index (χ2n) is 8.19. The molecule has 0 aliphatic rings. The van der Waals surface area contributed by atoms with Gasteiger partial charge in [-0.3, -0.25) is 9.54 Å². The highest BCUT2D eigenvalue weighted by Crippen LogP contribution is 2.24. The highest BCUT2D eigenvalue weighted by molar-refractivity contribution is 7.89. The number of sulfonamides is 1. The molecule has 3 aromatic carbocycles. The first kappa shape index (κ1) is 26.5. The van der Waals surface area contributed by atoms with E-state index in [4.69, 9.17) is 4.74 Å². The summed E-state index contributed by atoms with van der Waals surface area (Å²) in [5.41, 5.74) is 2.13. The summed E-state index contributed by atoms with van der Waals surface area (Å²) in [7, 11) is -6.14. The number of rotatable bonds is 10. The number of nitrogens with zero attached hydrogens (tertiary/aromatic N) is 3. The Bertz CT molecular complexity index is 1550. The summed E-state index contributed by atoms with van der Waals surface area (Å²) in [6, 6.07) is 26.9. The normalized spacial score (nSPS) is 13.2. The molecule has 4 rings (SSSR count). The number of benzene rings is 3. The molecule has 10 heteroatoms. The number of ether oxygens (including phenoxy) is 1. The monoisotopic (exact) mass is 537 g/mol. The Kier molecular flexibility index (Phi) is 8.34. The predicted octanol–water partition coefficient (Wildman–Crippen LogP) is 4.98. The third-order valence-electron chi connectivity index (χ3n) is 5.59. The molecule has 0 bridgehead atoms. The molecule has 1 unspecified atom stereocenters. The smallest absolute Gasteiger partial charge is 0.243 e. The van der Waals surface area contributed by atoms with Crippen molar-refractivity contribution >= 4 is 20.0 Å². The first-order chi connectivity index (χ1) is 17.8. The molecule has 192 valence electrons. The van der Waals surface area contributed by atoms with Gasteiger partial charge >= 0.3 is 0 Å². The van der Waals surface area contributed by atoms with Crippen LogP contribution in [0.4, 0.5) is 0 Å². The van der Waals surface area contributed by atoms with E-state index in [9.17, 15) is 17.2 Å². The maximum Gasteiger partial charge on any atom is 0.243 e. The zero-order valence-electron chi connectivity index (χ0n) is 20.2. The lowest BCUT2D eigenvalue weighted by Gasteiger charge is -2.22. The fourth-order valence-corrected chi connectivity index (χ4v) is 5.99. The minimum Gasteiger partial charge on any atom is -0.497 e. The molecule has 4 aromatic rings. The van der Waals surface area contributed by atoms with Crippen molar-refractivity contribution in [3.63, 3.8) is 0 Å². The van der Waals surface area contributed by atoms with Crippen molar-refractivity contribution in [2.75, 3.05) is 7.11 Å². The molecule has 1 heterocycles. The van der Waals surface area contributed by atoms with Crippen molar-refractivity contribution in [3.05, 3.63) is 120 Å². The average Bonchev–Trinajstić information content (AvgIpc) is 2.93. The van der Waals surface area contributed by atoms with Gasteiger partial charge in [-0.25, -0.2) is 17.0 Å². The SMILES string of the molecule is COc1cccc(CN(Cc2ccccn2)S(=O)(=O)c2ccc(S(=O)(O)=NCc3ccccc3)cc2)c1. The van der Waals surface area contributed by atoms with Crippen molar-refractivity contribution in [2.45, 2.75) is 29.4 Å². The highest BCUT2D eigenvalue weighted by atomic mass is 32.2. The molecule has 0 fully saturated rings. The first-order valence-electron chi connectivity index (χ1n) is 11.4. The van der Waals surface area contributed by atoms with Crippen LogP contribution in [0.25, 0.3) is 0 Å². The van der Waals surface area contributed by atoms with Gasteiger partial charge in [-0.05, 0) is 59.7 Å². The molecule has 1 atom stereocenters. The van der Waals surface area contributed by atoms with Crippen LogP contribution >= 0.6 is 0 Å². The van der Waals surface area contributed by atoms with E-state index >= 15 is 0 Å². The minimum atomic E-state index is -3.99. The van der Waals surface area contributed by atoms with Gasteiger partial charge in [-0.1, -0.05) is 48.5 Å². The Morgan fingerprint density at radius 3 is 2.16 bits per heavy atom. The van der Waals surface area contributed by atoms with Crippen LogP contribution in [0.1, 0.15) is 16.8 Å². The van der Waals surface area contributed by atoms with E-state index in [0.717, 1.165) is 11.1 Å². The standard InChI is InChI=1S/C27H27N3O5S2/c1-35-25-12-7-10-23(18-25)20-30(21-24-11-5-6-17-28-24)37(33,34)27-15-13-26(14-16-27)36(31,32)29-19-22-8-3-2-4-9-22/h2-18H,19-21H2,1H3,(H,29,31,32). The van der Waals surface area contributed by atoms with E-state index in [2.05, 4.69) is 9.35 Å². The molecule has 0 radical (unpaired) electrons. The lowest BCUT2D eigenvalue weighted by atomic mass is 10.2. The molecule has 0 saturated carbocycles. The van der Waals surface area contributed by atoms with Crippen LogP contribution < -0.4 is 4.74 Å². The molecule has 1 aromatic heterocycles. The second kappa shape index (κ2) is 11.7. The van der Waals surface area contributed by atoms with Crippen molar-refractivity contribution in [1.29, 1.82) is 0 Å². The number of hydrogen-bond acceptors (Lipinski definition) is 6. The molecule has 0 spiro atoms. The summed E-state index contributed by atoms with van der Waals surface area (Å²) < 4.78 is 61.2. The van der Waals surface area contributed by atoms with Gasteiger partial charge in [0.05, 0.1) is 35.7 Å². The van der Waals surface area contributed by atoms with Crippen molar-refractivity contribution in [3.8, 4) is 5.75 Å². The Balaban J connectivity index is 1.62. The number of pyridine rings is 1. The number of methoxy groups -OCH3 is 1. The summed E-state index contributed by atoms with van der Waals surface area (Å²) in [5.74, 6) is 0.619. The molecule has 0 amide bonds. The largest absolute Gasteiger partial charge is 0.497 e. The van der Waals surface area contributed by atoms with Gasteiger partial charge in [0.15, 0.2) is 10.0 Å². The molecular formula is C27H27N3O5S2. The van der Waals surface area contributed by atoms with Gasteiger partial charge in [0.25, 0.3) is 0 Å². The third-order valence-corrected chi connectivity index (χ3v) is 8.76. The quantitative estimate of drug-likeness (QED) is 0.306. The van der Waals surface area contributed by atoms with Gasteiger partial charge in [0.2, 0.25) is 10.0 Å². The van der Waals surface area contributed by atoms with Crippen LogP contribution in [0.5, 0.6) is 5.75 Å². The topological polar surface area (TPSA) is 109 Å². The van der Waals surface area contributed by atoms with Gasteiger partial charge < -0.3 is 4.74 Å². The van der Waals surface area contributed by atoms with Crippen molar-refractivity contribution in [1.82, 2.24) is 9.29 Å². The zero-order chi connectivity index (χ0) is 26.3. The molecule has 0 aliphatic heterocycles. The van der Waals surface area contributed by atoms with Crippen LogP contribution in [0.15, 0.2) is 117 Å². The summed E-state index contributed by atoms with van der Waals surface area (Å²) in [6.45, 7) is 0.195. The molecular weight excluding hydrogens is 510 g/mol. The molecule has 0 aliphatic carbocycles. The molecule has 8 nitrogen and oxygen atoms in total. The zero-order valence-corrected chi connectivity index (χ0v) is 21.8. The van der Waals surface area contributed by atoms with Gasteiger partial charge in [-0.2, -0.15) is 4.31 Å². The van der Waals surface area contributed by atoms with Crippen LogP contribution in [-0.4, -0.2) is 33.6 Å². The number of aromatic nitrogens is 1. The summed E-state index contributed by atoms with van der Waals surface area (Å²) in [4.78, 5) is 4.31. The van der Waals surface area contributed by atoms with E-state index < -0.39 is 20.0 Å². The lowest BCUT2D eigenvalue weighted by Crippen LogP contribution is -2.30. The average molecular weight is 538 g/mol. The van der Waals surface area contributed by atoms with Crippen LogP contribution in [0, 0.1) is 0 Å². The maximum absolute atomic E-state index is 13.7. The second-order valence-corrected chi connectivity index (χ2v) is 11.8. The predicted molar refractivity (Wildman–Crippen MR) is 142 cm³/mol. The van der Waals surface area contributed by atoms with Crippen molar-refractivity contribution in [2.24, 2.45) is 4.36 Å². The van der Waals surface area contributed by atoms with E-state index in [1.54, 1.807) is 49.7 Å². The van der Waals surface area contributed by atoms with Gasteiger partial charge in [0, 0.05) is 12.7 Å². The van der Waals surface area contributed by atoms with Crippen LogP contribution in [0.3, 0.4) is 0 Å². The van der Waals surface area contributed by atoms with E-state index in [1.165, 1.54) is 28.6 Å².